The van der Waals surface area contributed by atoms with Gasteiger partial charge in [0.2, 0.25) is 0 Å². The standard InChI is InChI=1S/C15H24FNO3S/c1-3-8-21(18,19)9-7-20-15-6-5-13(16)10-12(15)11-14(17)4-2/h5-6,10,14H,3-4,7-9,11,17H2,1-2H3. The minimum atomic E-state index is -3.07. The van der Waals surface area contributed by atoms with Crippen LogP contribution in [0.2, 0.25) is 0 Å². The molecule has 0 aliphatic carbocycles. The third-order valence-corrected chi connectivity index (χ3v) is 5.01. The average Bonchev–Trinajstić information content (AvgIpc) is 2.40. The molecule has 0 saturated carbocycles. The summed E-state index contributed by atoms with van der Waals surface area (Å²) < 4.78 is 42.1. The molecule has 0 aliphatic heterocycles. The highest BCUT2D eigenvalue weighted by Crippen LogP contribution is 2.21. The Hall–Kier alpha value is -1.14. The normalized spacial score (nSPS) is 13.1. The van der Waals surface area contributed by atoms with E-state index in [9.17, 15) is 12.8 Å². The summed E-state index contributed by atoms with van der Waals surface area (Å²) in [5.74, 6) is 0.288. The summed E-state index contributed by atoms with van der Waals surface area (Å²) in [6.07, 6.45) is 1.88. The Balaban J connectivity index is 2.70. The Labute approximate surface area is 126 Å². The fourth-order valence-corrected chi connectivity index (χ4v) is 3.13. The summed E-state index contributed by atoms with van der Waals surface area (Å²) in [5.41, 5.74) is 6.57. The van der Waals surface area contributed by atoms with E-state index >= 15 is 0 Å². The third kappa shape index (κ3) is 6.44. The number of halogens is 1. The largest absolute Gasteiger partial charge is 0.492 e. The van der Waals surface area contributed by atoms with Crippen LogP contribution in [-0.4, -0.2) is 32.6 Å². The van der Waals surface area contributed by atoms with E-state index in [-0.39, 0.29) is 30.0 Å². The predicted molar refractivity (Wildman–Crippen MR) is 82.8 cm³/mol. The van der Waals surface area contributed by atoms with Crippen molar-refractivity contribution in [2.24, 2.45) is 5.73 Å². The van der Waals surface area contributed by atoms with Gasteiger partial charge in [0.15, 0.2) is 9.84 Å². The zero-order chi connectivity index (χ0) is 15.9. The van der Waals surface area contributed by atoms with Crippen LogP contribution in [0.25, 0.3) is 0 Å². The Morgan fingerprint density at radius 2 is 2.00 bits per heavy atom. The molecule has 0 spiro atoms. The van der Waals surface area contributed by atoms with Gasteiger partial charge in [-0.15, -0.1) is 0 Å². The predicted octanol–water partition coefficient (Wildman–Crippen LogP) is 2.31. The molecule has 0 bridgehead atoms. The van der Waals surface area contributed by atoms with Crippen LogP contribution in [-0.2, 0) is 16.3 Å². The van der Waals surface area contributed by atoms with Gasteiger partial charge in [-0.25, -0.2) is 12.8 Å². The van der Waals surface area contributed by atoms with E-state index in [4.69, 9.17) is 10.5 Å². The van der Waals surface area contributed by atoms with Gasteiger partial charge in [-0.05, 0) is 43.0 Å². The number of ether oxygens (including phenoxy) is 1. The van der Waals surface area contributed by atoms with Crippen LogP contribution < -0.4 is 10.5 Å². The van der Waals surface area contributed by atoms with Crippen molar-refractivity contribution < 1.29 is 17.5 Å². The zero-order valence-corrected chi connectivity index (χ0v) is 13.5. The molecule has 6 heteroatoms. The molecule has 0 aliphatic rings. The van der Waals surface area contributed by atoms with Crippen molar-refractivity contribution in [3.05, 3.63) is 29.6 Å². The minimum Gasteiger partial charge on any atom is -0.492 e. The van der Waals surface area contributed by atoms with Gasteiger partial charge in [0.25, 0.3) is 0 Å². The highest BCUT2D eigenvalue weighted by Gasteiger charge is 2.12. The molecule has 0 radical (unpaired) electrons. The van der Waals surface area contributed by atoms with Crippen molar-refractivity contribution in [3.8, 4) is 5.75 Å². The lowest BCUT2D eigenvalue weighted by molar-refractivity contribution is 0.335. The zero-order valence-electron chi connectivity index (χ0n) is 12.6. The molecule has 21 heavy (non-hydrogen) atoms. The number of benzene rings is 1. The first-order chi connectivity index (χ1) is 9.88. The van der Waals surface area contributed by atoms with Gasteiger partial charge < -0.3 is 10.5 Å². The van der Waals surface area contributed by atoms with E-state index in [1.165, 1.54) is 18.2 Å². The molecule has 1 unspecified atom stereocenters. The lowest BCUT2D eigenvalue weighted by Gasteiger charge is -2.14. The van der Waals surface area contributed by atoms with Crippen molar-refractivity contribution >= 4 is 9.84 Å². The smallest absolute Gasteiger partial charge is 0.153 e. The molecule has 0 heterocycles. The lowest BCUT2D eigenvalue weighted by atomic mass is 10.0. The van der Waals surface area contributed by atoms with Crippen molar-refractivity contribution in [3.63, 3.8) is 0 Å². The number of sulfone groups is 1. The van der Waals surface area contributed by atoms with Gasteiger partial charge in [0, 0.05) is 6.04 Å². The van der Waals surface area contributed by atoms with Gasteiger partial charge >= 0.3 is 0 Å². The van der Waals surface area contributed by atoms with E-state index in [2.05, 4.69) is 0 Å². The first-order valence-corrected chi connectivity index (χ1v) is 9.07. The van der Waals surface area contributed by atoms with Crippen LogP contribution >= 0.6 is 0 Å². The molecule has 0 fully saturated rings. The number of nitrogens with two attached hydrogens (primary N) is 1. The van der Waals surface area contributed by atoms with Gasteiger partial charge in [-0.2, -0.15) is 0 Å². The summed E-state index contributed by atoms with van der Waals surface area (Å²) >= 11 is 0. The molecular weight excluding hydrogens is 293 g/mol. The fraction of sp³-hybridized carbons (Fsp3) is 0.600. The maximum atomic E-state index is 13.3. The monoisotopic (exact) mass is 317 g/mol. The van der Waals surface area contributed by atoms with Crippen molar-refractivity contribution in [1.82, 2.24) is 0 Å². The quantitative estimate of drug-likeness (QED) is 0.759. The Morgan fingerprint density at radius 1 is 1.29 bits per heavy atom. The second kappa shape index (κ2) is 8.34. The van der Waals surface area contributed by atoms with Crippen LogP contribution in [0.4, 0.5) is 4.39 Å². The second-order valence-electron chi connectivity index (χ2n) is 5.12. The van der Waals surface area contributed by atoms with Gasteiger partial charge in [0.05, 0.1) is 11.5 Å². The third-order valence-electron chi connectivity index (χ3n) is 3.20. The molecule has 1 aromatic carbocycles. The van der Waals surface area contributed by atoms with Crippen molar-refractivity contribution in [2.45, 2.75) is 39.2 Å². The summed E-state index contributed by atoms with van der Waals surface area (Å²) in [6.45, 7) is 3.85. The topological polar surface area (TPSA) is 69.4 Å². The molecule has 0 aromatic heterocycles. The van der Waals surface area contributed by atoms with Crippen LogP contribution in [0.1, 0.15) is 32.3 Å². The molecule has 1 rings (SSSR count). The Morgan fingerprint density at radius 3 is 2.62 bits per heavy atom. The maximum absolute atomic E-state index is 13.3. The highest BCUT2D eigenvalue weighted by atomic mass is 32.2. The maximum Gasteiger partial charge on any atom is 0.153 e. The number of rotatable bonds is 9. The molecule has 120 valence electrons. The molecule has 2 N–H and O–H groups in total. The van der Waals surface area contributed by atoms with Crippen molar-refractivity contribution in [1.29, 1.82) is 0 Å². The molecule has 0 saturated heterocycles. The van der Waals surface area contributed by atoms with Crippen molar-refractivity contribution in [2.75, 3.05) is 18.1 Å². The average molecular weight is 317 g/mol. The van der Waals surface area contributed by atoms with Gasteiger partial charge in [-0.1, -0.05) is 13.8 Å². The fourth-order valence-electron chi connectivity index (χ4n) is 1.97. The number of hydrogen-bond acceptors (Lipinski definition) is 4. The summed E-state index contributed by atoms with van der Waals surface area (Å²) in [7, 11) is -3.07. The highest BCUT2D eigenvalue weighted by molar-refractivity contribution is 7.91. The van der Waals surface area contributed by atoms with Crippen LogP contribution in [0.5, 0.6) is 5.75 Å². The second-order valence-corrected chi connectivity index (χ2v) is 7.43. The Kier molecular flexibility index (Phi) is 7.11. The minimum absolute atomic E-state index is 0.0303. The van der Waals surface area contributed by atoms with E-state index in [0.717, 1.165) is 6.42 Å². The molecule has 1 atom stereocenters. The first kappa shape index (κ1) is 17.9. The van der Waals surface area contributed by atoms with Crippen LogP contribution in [0.15, 0.2) is 18.2 Å². The summed E-state index contributed by atoms with van der Waals surface area (Å²) in [5, 5.41) is 0. The molecular formula is C15H24FNO3S. The lowest BCUT2D eigenvalue weighted by Crippen LogP contribution is -2.22. The van der Waals surface area contributed by atoms with E-state index in [0.29, 0.717) is 24.2 Å². The first-order valence-electron chi connectivity index (χ1n) is 7.25. The number of hydrogen-bond donors (Lipinski definition) is 1. The van der Waals surface area contributed by atoms with E-state index < -0.39 is 9.84 Å². The van der Waals surface area contributed by atoms with Crippen LogP contribution in [0.3, 0.4) is 0 Å². The van der Waals surface area contributed by atoms with Gasteiger partial charge in [0.1, 0.15) is 18.2 Å². The molecule has 4 nitrogen and oxygen atoms in total. The molecule has 0 amide bonds. The van der Waals surface area contributed by atoms with E-state index in [1.54, 1.807) is 0 Å². The summed E-state index contributed by atoms with van der Waals surface area (Å²) in [6, 6.07) is 4.15. The molecule has 1 aromatic rings. The van der Waals surface area contributed by atoms with E-state index in [1.807, 2.05) is 13.8 Å². The summed E-state index contributed by atoms with van der Waals surface area (Å²) in [4.78, 5) is 0. The Bertz CT molecular complexity index is 546. The van der Waals surface area contributed by atoms with Crippen LogP contribution in [0, 0.1) is 5.82 Å². The SMILES string of the molecule is CCCS(=O)(=O)CCOc1ccc(F)cc1CC(N)CC. The van der Waals surface area contributed by atoms with Gasteiger partial charge in [-0.3, -0.25) is 0 Å².